The minimum atomic E-state index is -0.0650. The predicted octanol–water partition coefficient (Wildman–Crippen LogP) is 4.56. The van der Waals surface area contributed by atoms with E-state index in [0.717, 1.165) is 52.0 Å². The molecule has 0 saturated carbocycles. The van der Waals surface area contributed by atoms with Crippen LogP contribution in [0, 0.1) is 11.3 Å². The first-order chi connectivity index (χ1) is 15.7. The second kappa shape index (κ2) is 8.69. The summed E-state index contributed by atoms with van der Waals surface area (Å²) in [7, 11) is 0. The summed E-state index contributed by atoms with van der Waals surface area (Å²) in [6, 6.07) is 15.6. The van der Waals surface area contributed by atoms with Gasteiger partial charge in [-0.1, -0.05) is 25.1 Å². The lowest BCUT2D eigenvalue weighted by Crippen LogP contribution is -2.12. The summed E-state index contributed by atoms with van der Waals surface area (Å²) in [5.41, 5.74) is 6.23. The summed E-state index contributed by atoms with van der Waals surface area (Å²) in [5, 5.41) is 12.5. The Labute approximate surface area is 186 Å². The van der Waals surface area contributed by atoms with Crippen molar-refractivity contribution >= 4 is 11.3 Å². The molecule has 1 fully saturated rings. The van der Waals surface area contributed by atoms with Crippen molar-refractivity contribution in [2.75, 3.05) is 12.1 Å². The van der Waals surface area contributed by atoms with E-state index in [1.807, 2.05) is 42.5 Å². The third kappa shape index (κ3) is 4.01. The van der Waals surface area contributed by atoms with Crippen LogP contribution in [-0.2, 0) is 22.4 Å². The fourth-order valence-corrected chi connectivity index (χ4v) is 3.92. The Morgan fingerprint density at radius 1 is 1.19 bits per heavy atom. The molecule has 2 aliphatic rings. The van der Waals surface area contributed by atoms with Gasteiger partial charge in [0.25, 0.3) is 0 Å². The lowest BCUT2D eigenvalue weighted by atomic mass is 9.96. The number of aryl methyl sites for hydroxylation is 1. The number of hydrogen-bond donors (Lipinski definition) is 2. The summed E-state index contributed by atoms with van der Waals surface area (Å²) in [6.07, 6.45) is 5.52. The Balaban J connectivity index is 1.48. The predicted molar refractivity (Wildman–Crippen MR) is 121 cm³/mol. The van der Waals surface area contributed by atoms with Gasteiger partial charge >= 0.3 is 0 Å². The summed E-state index contributed by atoms with van der Waals surface area (Å²) in [6.45, 7) is 2.88. The van der Waals surface area contributed by atoms with Crippen LogP contribution >= 0.6 is 0 Å². The second-order valence-electron chi connectivity index (χ2n) is 7.70. The number of anilines is 1. The maximum absolute atomic E-state index is 9.13. The Hall–Kier alpha value is -3.89. The Morgan fingerprint density at radius 2 is 2.09 bits per heavy atom. The van der Waals surface area contributed by atoms with Gasteiger partial charge < -0.3 is 19.8 Å². The summed E-state index contributed by atoms with van der Waals surface area (Å²) < 4.78 is 11.2. The van der Waals surface area contributed by atoms with Crippen molar-refractivity contribution in [2.24, 2.45) is 0 Å². The van der Waals surface area contributed by atoms with Gasteiger partial charge in [0.15, 0.2) is 6.79 Å². The van der Waals surface area contributed by atoms with Gasteiger partial charge in [-0.15, -0.1) is 0 Å². The molecule has 0 spiro atoms. The van der Waals surface area contributed by atoms with E-state index in [9.17, 15) is 0 Å². The van der Waals surface area contributed by atoms with Gasteiger partial charge in [0, 0.05) is 17.8 Å². The molecular formula is C25H23N5O2. The quantitative estimate of drug-likeness (QED) is 0.601. The number of allylic oxidation sites excluding steroid dienone is 2. The first-order valence-electron chi connectivity index (χ1n) is 10.7. The van der Waals surface area contributed by atoms with Gasteiger partial charge in [0.2, 0.25) is 0 Å². The number of benzene rings is 1. The molecule has 1 unspecified atom stereocenters. The number of H-pyrrole nitrogens is 1. The normalized spacial score (nSPS) is 17.1. The molecule has 7 heteroatoms. The number of aromatic nitrogens is 3. The van der Waals surface area contributed by atoms with E-state index in [4.69, 9.17) is 24.7 Å². The molecule has 1 aliphatic heterocycles. The van der Waals surface area contributed by atoms with Crippen molar-refractivity contribution < 1.29 is 9.47 Å². The summed E-state index contributed by atoms with van der Waals surface area (Å²) in [5.74, 6) is 1.66. The number of imidazole rings is 1. The molecule has 5 rings (SSSR count). The fraction of sp³-hybridized carbons (Fsp3) is 0.240. The van der Waals surface area contributed by atoms with Crippen LogP contribution in [0.5, 0.6) is 0 Å². The van der Waals surface area contributed by atoms with Crippen molar-refractivity contribution in [3.05, 3.63) is 83.2 Å². The average Bonchev–Trinajstić information content (AvgIpc) is 3.49. The molecule has 1 atom stereocenters. The maximum atomic E-state index is 9.13. The third-order valence-electron chi connectivity index (χ3n) is 5.60. The Bertz CT molecular complexity index is 1250. The zero-order valence-corrected chi connectivity index (χ0v) is 17.8. The van der Waals surface area contributed by atoms with Crippen LogP contribution < -0.4 is 5.32 Å². The highest BCUT2D eigenvalue weighted by molar-refractivity contribution is 5.77. The second-order valence-corrected chi connectivity index (χ2v) is 7.70. The van der Waals surface area contributed by atoms with E-state index in [0.29, 0.717) is 25.3 Å². The molecular weight excluding hydrogens is 402 g/mol. The van der Waals surface area contributed by atoms with Crippen LogP contribution in [0.25, 0.3) is 17.0 Å². The monoisotopic (exact) mass is 425 g/mol. The highest BCUT2D eigenvalue weighted by Gasteiger charge is 2.29. The van der Waals surface area contributed by atoms with E-state index >= 15 is 0 Å². The smallest absolute Gasteiger partial charge is 0.189 e. The fourth-order valence-electron chi connectivity index (χ4n) is 3.92. The molecule has 0 radical (unpaired) electrons. The molecule has 3 aromatic rings. The number of ether oxygens (including phenoxy) is 2. The SMILES string of the molecule is CCc1cccc(-c2[nH]c(CNc3cccc(C#N)c3)nc2C2=CC=C3OCOC3C2)n1. The van der Waals surface area contributed by atoms with Gasteiger partial charge in [-0.3, -0.25) is 4.98 Å². The molecule has 3 heterocycles. The van der Waals surface area contributed by atoms with E-state index in [2.05, 4.69) is 29.4 Å². The summed E-state index contributed by atoms with van der Waals surface area (Å²) >= 11 is 0. The number of nitriles is 1. The minimum Gasteiger partial charge on any atom is -0.469 e. The molecule has 160 valence electrons. The standard InChI is InChI=1S/C25H23N5O2/c1-2-18-6-4-8-20(28-18)25-24(17-9-10-21-22(12-17)32-15-31-21)29-23(30-25)14-27-19-7-3-5-16(11-19)13-26/h3-11,22,27H,2,12,14-15H2,1H3,(H,29,30). The van der Waals surface area contributed by atoms with Crippen LogP contribution in [0.3, 0.4) is 0 Å². The van der Waals surface area contributed by atoms with Gasteiger partial charge in [0.05, 0.1) is 35.3 Å². The van der Waals surface area contributed by atoms with E-state index in [1.54, 1.807) is 6.07 Å². The number of rotatable bonds is 6. The van der Waals surface area contributed by atoms with E-state index in [1.165, 1.54) is 0 Å². The highest BCUT2D eigenvalue weighted by Crippen LogP contribution is 2.35. The zero-order valence-electron chi connectivity index (χ0n) is 17.8. The van der Waals surface area contributed by atoms with Crippen molar-refractivity contribution in [2.45, 2.75) is 32.4 Å². The molecule has 7 nitrogen and oxygen atoms in total. The topological polar surface area (TPSA) is 95.9 Å². The molecule has 1 aliphatic carbocycles. The molecule has 1 saturated heterocycles. The third-order valence-corrected chi connectivity index (χ3v) is 5.60. The van der Waals surface area contributed by atoms with Gasteiger partial charge in [0.1, 0.15) is 17.7 Å². The maximum Gasteiger partial charge on any atom is 0.189 e. The van der Waals surface area contributed by atoms with Crippen molar-refractivity contribution in [3.8, 4) is 17.5 Å². The zero-order chi connectivity index (χ0) is 21.9. The van der Waals surface area contributed by atoms with Crippen LogP contribution in [0.15, 0.2) is 60.4 Å². The van der Waals surface area contributed by atoms with Crippen molar-refractivity contribution in [3.63, 3.8) is 0 Å². The molecule has 2 N–H and O–H groups in total. The van der Waals surface area contributed by atoms with E-state index in [-0.39, 0.29) is 6.10 Å². The van der Waals surface area contributed by atoms with Gasteiger partial charge in [-0.05, 0) is 48.4 Å². The molecule has 1 aromatic carbocycles. The van der Waals surface area contributed by atoms with Crippen LogP contribution in [-0.4, -0.2) is 27.8 Å². The number of fused-ring (bicyclic) bond motifs is 1. The highest BCUT2D eigenvalue weighted by atomic mass is 16.7. The Kier molecular flexibility index (Phi) is 5.44. The minimum absolute atomic E-state index is 0.0650. The average molecular weight is 425 g/mol. The first kappa shape index (κ1) is 20.0. The van der Waals surface area contributed by atoms with Crippen LogP contribution in [0.4, 0.5) is 5.69 Å². The van der Waals surface area contributed by atoms with Crippen molar-refractivity contribution in [1.82, 2.24) is 15.0 Å². The molecule has 0 amide bonds. The largest absolute Gasteiger partial charge is 0.469 e. The number of nitrogens with zero attached hydrogens (tertiary/aromatic N) is 3. The first-order valence-corrected chi connectivity index (χ1v) is 10.7. The molecule has 32 heavy (non-hydrogen) atoms. The lowest BCUT2D eigenvalue weighted by molar-refractivity contribution is 0.0515. The number of pyridine rings is 1. The number of nitrogens with one attached hydrogen (secondary N) is 2. The van der Waals surface area contributed by atoms with Crippen LogP contribution in [0.1, 0.15) is 36.1 Å². The summed E-state index contributed by atoms with van der Waals surface area (Å²) in [4.78, 5) is 13.2. The van der Waals surface area contributed by atoms with Gasteiger partial charge in [-0.2, -0.15) is 5.26 Å². The number of aromatic amines is 1. The van der Waals surface area contributed by atoms with Gasteiger partial charge in [-0.25, -0.2) is 4.98 Å². The number of hydrogen-bond acceptors (Lipinski definition) is 6. The lowest BCUT2D eigenvalue weighted by Gasteiger charge is -2.15. The Morgan fingerprint density at radius 3 is 2.97 bits per heavy atom. The van der Waals surface area contributed by atoms with E-state index < -0.39 is 0 Å². The molecule has 2 aromatic heterocycles. The van der Waals surface area contributed by atoms with Crippen molar-refractivity contribution in [1.29, 1.82) is 5.26 Å². The van der Waals surface area contributed by atoms with Crippen LogP contribution in [0.2, 0.25) is 0 Å². The molecule has 0 bridgehead atoms.